The van der Waals surface area contributed by atoms with Gasteiger partial charge >= 0.3 is 0 Å². The Hall–Kier alpha value is -3.63. The number of nitrogens with zero attached hydrogens (tertiary/aromatic N) is 2. The number of benzene rings is 2. The van der Waals surface area contributed by atoms with Crippen LogP contribution in [0.2, 0.25) is 0 Å². The predicted octanol–water partition coefficient (Wildman–Crippen LogP) is 3.38. The molecule has 3 aromatic rings. The minimum atomic E-state index is -0.513. The Kier molecular flexibility index (Phi) is 6.61. The molecule has 0 aliphatic rings. The fraction of sp³-hybridized carbons (Fsp3) is 0.0909. The Morgan fingerprint density at radius 3 is 2.34 bits per heavy atom. The zero-order valence-corrected chi connectivity index (χ0v) is 16.3. The second kappa shape index (κ2) is 9.53. The average Bonchev–Trinajstić information content (AvgIpc) is 2.73. The van der Waals surface area contributed by atoms with Gasteiger partial charge in [-0.3, -0.25) is 9.59 Å². The molecular formula is C22H18N4O2S. The van der Waals surface area contributed by atoms with Crippen LogP contribution in [0, 0.1) is 11.3 Å². The standard InChI is InChI=1S/C22H18N4O2S/c23-13-18-17(16-9-5-2-6-10-16)12-20(26-22(18)29-14-19(24)27)25-21(28)11-15-7-3-1-4-8-15/h1-10,12H,11,14H2,(H2,24,27)(H,25,26,28). The summed E-state index contributed by atoms with van der Waals surface area (Å²) in [5, 5.41) is 12.8. The van der Waals surface area contributed by atoms with Crippen LogP contribution in [0.5, 0.6) is 0 Å². The molecule has 0 aliphatic carbocycles. The number of hydrogen-bond acceptors (Lipinski definition) is 5. The molecule has 144 valence electrons. The molecule has 29 heavy (non-hydrogen) atoms. The van der Waals surface area contributed by atoms with Gasteiger partial charge in [0.25, 0.3) is 0 Å². The molecule has 0 bridgehead atoms. The number of nitrogens with two attached hydrogens (primary N) is 1. The molecule has 0 aliphatic heterocycles. The van der Waals surface area contributed by atoms with E-state index in [0.717, 1.165) is 22.9 Å². The SMILES string of the molecule is N#Cc1c(-c2ccccc2)cc(NC(=O)Cc2ccccc2)nc1SCC(N)=O. The van der Waals surface area contributed by atoms with Crippen LogP contribution in [0.4, 0.5) is 5.82 Å². The molecular weight excluding hydrogens is 384 g/mol. The first-order valence-electron chi connectivity index (χ1n) is 8.82. The minimum absolute atomic E-state index is 0.0165. The van der Waals surface area contributed by atoms with Gasteiger partial charge in [-0.05, 0) is 17.2 Å². The van der Waals surface area contributed by atoms with Crippen LogP contribution < -0.4 is 11.1 Å². The van der Waals surface area contributed by atoms with Gasteiger partial charge < -0.3 is 11.1 Å². The lowest BCUT2D eigenvalue weighted by molar-refractivity contribution is -0.116. The average molecular weight is 402 g/mol. The fourth-order valence-corrected chi connectivity index (χ4v) is 3.49. The van der Waals surface area contributed by atoms with Gasteiger partial charge in [0.15, 0.2) is 0 Å². The highest BCUT2D eigenvalue weighted by Crippen LogP contribution is 2.32. The highest BCUT2D eigenvalue weighted by atomic mass is 32.2. The molecule has 0 saturated heterocycles. The van der Waals surface area contributed by atoms with Gasteiger partial charge in [0, 0.05) is 5.56 Å². The summed E-state index contributed by atoms with van der Waals surface area (Å²) in [6, 6.07) is 22.5. The molecule has 3 N–H and O–H groups in total. The Morgan fingerprint density at radius 2 is 1.72 bits per heavy atom. The highest BCUT2D eigenvalue weighted by molar-refractivity contribution is 8.00. The topological polar surface area (TPSA) is 109 Å². The van der Waals surface area contributed by atoms with E-state index < -0.39 is 5.91 Å². The number of hydrogen-bond donors (Lipinski definition) is 2. The van der Waals surface area contributed by atoms with Gasteiger partial charge in [-0.1, -0.05) is 72.4 Å². The largest absolute Gasteiger partial charge is 0.369 e. The third kappa shape index (κ3) is 5.43. The number of pyridine rings is 1. The monoisotopic (exact) mass is 402 g/mol. The lowest BCUT2D eigenvalue weighted by atomic mass is 10.0. The number of carbonyl (C=O) groups is 2. The van der Waals surface area contributed by atoms with Crippen molar-refractivity contribution in [3.8, 4) is 17.2 Å². The number of rotatable bonds is 7. The number of amides is 2. The van der Waals surface area contributed by atoms with Crippen LogP contribution in [0.1, 0.15) is 11.1 Å². The van der Waals surface area contributed by atoms with Crippen molar-refractivity contribution in [2.75, 3.05) is 11.1 Å². The van der Waals surface area contributed by atoms with Crippen molar-refractivity contribution in [2.45, 2.75) is 11.4 Å². The first-order chi connectivity index (χ1) is 14.1. The predicted molar refractivity (Wildman–Crippen MR) is 113 cm³/mol. The van der Waals surface area contributed by atoms with Crippen LogP contribution in [0.3, 0.4) is 0 Å². The molecule has 1 heterocycles. The van der Waals surface area contributed by atoms with E-state index in [-0.39, 0.29) is 18.1 Å². The molecule has 6 nitrogen and oxygen atoms in total. The zero-order valence-electron chi connectivity index (χ0n) is 15.5. The number of thioether (sulfide) groups is 1. The van der Waals surface area contributed by atoms with Crippen molar-refractivity contribution in [2.24, 2.45) is 5.73 Å². The zero-order chi connectivity index (χ0) is 20.6. The molecule has 0 fully saturated rings. The lowest BCUT2D eigenvalue weighted by Gasteiger charge is -2.12. The van der Waals surface area contributed by atoms with Crippen LogP contribution >= 0.6 is 11.8 Å². The maximum Gasteiger partial charge on any atom is 0.229 e. The summed E-state index contributed by atoms with van der Waals surface area (Å²) in [5.41, 5.74) is 7.90. The van der Waals surface area contributed by atoms with E-state index >= 15 is 0 Å². The third-order valence-electron chi connectivity index (χ3n) is 4.01. The smallest absolute Gasteiger partial charge is 0.229 e. The summed E-state index contributed by atoms with van der Waals surface area (Å²) < 4.78 is 0. The Balaban J connectivity index is 1.95. The molecule has 3 rings (SSSR count). The molecule has 2 aromatic carbocycles. The lowest BCUT2D eigenvalue weighted by Crippen LogP contribution is -2.16. The third-order valence-corrected chi connectivity index (χ3v) is 5.01. The van der Waals surface area contributed by atoms with E-state index in [1.54, 1.807) is 6.07 Å². The molecule has 7 heteroatoms. The number of carbonyl (C=O) groups excluding carboxylic acids is 2. The van der Waals surface area contributed by atoms with E-state index in [2.05, 4.69) is 16.4 Å². The van der Waals surface area contributed by atoms with Crippen molar-refractivity contribution in [3.63, 3.8) is 0 Å². The van der Waals surface area contributed by atoms with E-state index in [1.165, 1.54) is 0 Å². The van der Waals surface area contributed by atoms with Gasteiger partial charge in [0.05, 0.1) is 17.7 Å². The van der Waals surface area contributed by atoms with E-state index in [0.29, 0.717) is 22.0 Å². The normalized spacial score (nSPS) is 10.2. The number of primary amides is 1. The van der Waals surface area contributed by atoms with Crippen molar-refractivity contribution >= 4 is 29.4 Å². The molecule has 0 radical (unpaired) electrons. The first kappa shape index (κ1) is 20.1. The highest BCUT2D eigenvalue weighted by Gasteiger charge is 2.17. The summed E-state index contributed by atoms with van der Waals surface area (Å²) in [6.07, 6.45) is 0.201. The number of aromatic nitrogens is 1. The summed E-state index contributed by atoms with van der Waals surface area (Å²) in [6.45, 7) is 0. The molecule has 0 saturated carbocycles. The van der Waals surface area contributed by atoms with Gasteiger partial charge in [0.1, 0.15) is 16.9 Å². The van der Waals surface area contributed by atoms with Crippen LogP contribution in [-0.4, -0.2) is 22.6 Å². The first-order valence-corrected chi connectivity index (χ1v) is 9.81. The number of nitriles is 1. The Morgan fingerprint density at radius 1 is 1.07 bits per heavy atom. The van der Waals surface area contributed by atoms with Gasteiger partial charge in [-0.15, -0.1) is 0 Å². The number of nitrogens with one attached hydrogen (secondary N) is 1. The maximum absolute atomic E-state index is 12.5. The van der Waals surface area contributed by atoms with Gasteiger partial charge in [-0.2, -0.15) is 5.26 Å². The van der Waals surface area contributed by atoms with Crippen LogP contribution in [0.15, 0.2) is 71.8 Å². The van der Waals surface area contributed by atoms with Gasteiger partial charge in [0.2, 0.25) is 11.8 Å². The number of anilines is 1. The quantitative estimate of drug-likeness (QED) is 0.589. The van der Waals surface area contributed by atoms with Crippen LogP contribution in [-0.2, 0) is 16.0 Å². The maximum atomic E-state index is 12.5. The summed E-state index contributed by atoms with van der Waals surface area (Å²) in [4.78, 5) is 28.1. The molecule has 0 spiro atoms. The second-order valence-electron chi connectivity index (χ2n) is 6.18. The molecule has 0 unspecified atom stereocenters. The minimum Gasteiger partial charge on any atom is -0.369 e. The van der Waals surface area contributed by atoms with E-state index in [9.17, 15) is 14.9 Å². The van der Waals surface area contributed by atoms with Crippen molar-refractivity contribution in [1.82, 2.24) is 4.98 Å². The molecule has 0 atom stereocenters. The van der Waals surface area contributed by atoms with Crippen molar-refractivity contribution < 1.29 is 9.59 Å². The van der Waals surface area contributed by atoms with E-state index in [1.807, 2.05) is 60.7 Å². The fourth-order valence-electron chi connectivity index (χ4n) is 2.75. The summed E-state index contributed by atoms with van der Waals surface area (Å²) in [5.74, 6) is -0.438. The van der Waals surface area contributed by atoms with Crippen LogP contribution in [0.25, 0.3) is 11.1 Å². The summed E-state index contributed by atoms with van der Waals surface area (Å²) in [7, 11) is 0. The molecule has 2 amide bonds. The Bertz CT molecular complexity index is 1060. The van der Waals surface area contributed by atoms with Gasteiger partial charge in [-0.25, -0.2) is 4.98 Å². The second-order valence-corrected chi connectivity index (χ2v) is 7.14. The van der Waals surface area contributed by atoms with Crippen molar-refractivity contribution in [3.05, 3.63) is 77.9 Å². The molecule has 1 aromatic heterocycles. The van der Waals surface area contributed by atoms with Crippen molar-refractivity contribution in [1.29, 1.82) is 5.26 Å². The van der Waals surface area contributed by atoms with E-state index in [4.69, 9.17) is 5.73 Å². The Labute approximate surface area is 172 Å². The summed E-state index contributed by atoms with van der Waals surface area (Å²) >= 11 is 1.07.